The van der Waals surface area contributed by atoms with Crippen LogP contribution >= 0.6 is 23.2 Å². The molecule has 0 spiro atoms. The van der Waals surface area contributed by atoms with E-state index in [-0.39, 0.29) is 0 Å². The molecule has 2 aromatic carbocycles. The summed E-state index contributed by atoms with van der Waals surface area (Å²) in [6, 6.07) is 17.7. The van der Waals surface area contributed by atoms with Crippen LogP contribution in [0.15, 0.2) is 65.2 Å². The van der Waals surface area contributed by atoms with Crippen LogP contribution in [0.25, 0.3) is 0 Å². The Hall–Kier alpha value is -1.64. The Labute approximate surface area is 141 Å². The molecule has 2 aromatic rings. The first-order chi connectivity index (χ1) is 10.7. The zero-order valence-electron chi connectivity index (χ0n) is 12.2. The SMILES string of the molecule is ClC(Cl)=CCCCOc1ccc(OCc2ccccc2)cc1. The van der Waals surface area contributed by atoms with E-state index in [9.17, 15) is 0 Å². The average Bonchev–Trinajstić information content (AvgIpc) is 2.54. The lowest BCUT2D eigenvalue weighted by Crippen LogP contribution is -1.97. The molecule has 0 aliphatic rings. The summed E-state index contributed by atoms with van der Waals surface area (Å²) in [5, 5.41) is 0. The van der Waals surface area contributed by atoms with Crippen molar-refractivity contribution in [2.24, 2.45) is 0 Å². The first-order valence-corrected chi connectivity index (χ1v) is 7.90. The molecule has 0 aromatic heterocycles. The van der Waals surface area contributed by atoms with E-state index in [4.69, 9.17) is 32.7 Å². The fourth-order valence-electron chi connectivity index (χ4n) is 1.86. The van der Waals surface area contributed by atoms with Gasteiger partial charge in [-0.25, -0.2) is 0 Å². The molecule has 0 saturated heterocycles. The van der Waals surface area contributed by atoms with Crippen LogP contribution in [0.3, 0.4) is 0 Å². The largest absolute Gasteiger partial charge is 0.494 e. The van der Waals surface area contributed by atoms with E-state index in [0.29, 0.717) is 17.7 Å². The maximum Gasteiger partial charge on any atom is 0.120 e. The van der Waals surface area contributed by atoms with Crippen LogP contribution in [0.5, 0.6) is 11.5 Å². The van der Waals surface area contributed by atoms with Gasteiger partial charge in [0.05, 0.1) is 6.61 Å². The summed E-state index contributed by atoms with van der Waals surface area (Å²) in [6.07, 6.45) is 3.45. The van der Waals surface area contributed by atoms with Crippen LogP contribution < -0.4 is 9.47 Å². The molecule has 0 unspecified atom stereocenters. The third kappa shape index (κ3) is 6.42. The van der Waals surface area contributed by atoms with Gasteiger partial charge in [0.2, 0.25) is 0 Å². The fraction of sp³-hybridized carbons (Fsp3) is 0.222. The second-order valence-corrected chi connectivity index (χ2v) is 5.74. The number of allylic oxidation sites excluding steroid dienone is 1. The molecular weight excluding hydrogens is 319 g/mol. The minimum atomic E-state index is 0.305. The quantitative estimate of drug-likeness (QED) is 0.572. The monoisotopic (exact) mass is 336 g/mol. The summed E-state index contributed by atoms with van der Waals surface area (Å²) in [5.74, 6) is 1.65. The standard InChI is InChI=1S/C18H18Cl2O2/c19-18(20)8-4-5-13-21-16-9-11-17(12-10-16)22-14-15-6-2-1-3-7-15/h1-3,6-12H,4-5,13-14H2. The summed E-state index contributed by atoms with van der Waals surface area (Å²) in [5.41, 5.74) is 1.15. The molecule has 0 radical (unpaired) electrons. The van der Waals surface area contributed by atoms with Gasteiger partial charge in [-0.05, 0) is 42.7 Å². The van der Waals surface area contributed by atoms with Gasteiger partial charge in [0.25, 0.3) is 0 Å². The van der Waals surface area contributed by atoms with Crippen LogP contribution in [-0.2, 0) is 6.61 Å². The predicted octanol–water partition coefficient (Wildman–Crippen LogP) is 5.74. The summed E-state index contributed by atoms with van der Waals surface area (Å²) in [4.78, 5) is 0. The Kier molecular flexibility index (Phi) is 7.14. The van der Waals surface area contributed by atoms with Crippen LogP contribution in [-0.4, -0.2) is 6.61 Å². The summed E-state index contributed by atoms with van der Waals surface area (Å²) in [7, 11) is 0. The van der Waals surface area contributed by atoms with E-state index in [1.807, 2.05) is 54.6 Å². The summed E-state index contributed by atoms with van der Waals surface area (Å²) in [6.45, 7) is 1.19. The van der Waals surface area contributed by atoms with E-state index in [2.05, 4.69) is 0 Å². The Balaban J connectivity index is 1.72. The molecule has 0 heterocycles. The Morgan fingerprint density at radius 3 is 2.14 bits per heavy atom. The van der Waals surface area contributed by atoms with Crippen molar-refractivity contribution in [3.05, 3.63) is 70.7 Å². The second-order valence-electron chi connectivity index (χ2n) is 4.73. The number of unbranched alkanes of at least 4 members (excludes halogenated alkanes) is 1. The lowest BCUT2D eigenvalue weighted by atomic mass is 10.2. The van der Waals surface area contributed by atoms with Gasteiger partial charge in [0.1, 0.15) is 22.6 Å². The molecule has 0 N–H and O–H groups in total. The Morgan fingerprint density at radius 2 is 1.50 bits per heavy atom. The molecule has 0 aliphatic carbocycles. The Morgan fingerprint density at radius 1 is 0.864 bits per heavy atom. The number of halogens is 2. The van der Waals surface area contributed by atoms with Crippen LogP contribution in [0.2, 0.25) is 0 Å². The van der Waals surface area contributed by atoms with Crippen LogP contribution in [0, 0.1) is 0 Å². The van der Waals surface area contributed by atoms with E-state index < -0.39 is 0 Å². The molecule has 0 aliphatic heterocycles. The Bertz CT molecular complexity index is 576. The minimum absolute atomic E-state index is 0.305. The molecule has 22 heavy (non-hydrogen) atoms. The maximum atomic E-state index is 5.72. The van der Waals surface area contributed by atoms with E-state index in [0.717, 1.165) is 29.9 Å². The second kappa shape index (κ2) is 9.39. The molecule has 0 saturated carbocycles. The molecule has 0 bridgehead atoms. The van der Waals surface area contributed by atoms with Crippen molar-refractivity contribution < 1.29 is 9.47 Å². The number of rotatable bonds is 8. The highest BCUT2D eigenvalue weighted by molar-refractivity contribution is 6.55. The van der Waals surface area contributed by atoms with Crippen molar-refractivity contribution in [1.29, 1.82) is 0 Å². The molecule has 2 rings (SSSR count). The molecule has 2 nitrogen and oxygen atoms in total. The van der Waals surface area contributed by atoms with Crippen molar-refractivity contribution in [1.82, 2.24) is 0 Å². The summed E-state index contributed by atoms with van der Waals surface area (Å²) >= 11 is 11.1. The van der Waals surface area contributed by atoms with Gasteiger partial charge < -0.3 is 9.47 Å². The highest BCUT2D eigenvalue weighted by atomic mass is 35.5. The molecule has 0 atom stereocenters. The van der Waals surface area contributed by atoms with Crippen LogP contribution in [0.1, 0.15) is 18.4 Å². The number of hydrogen-bond acceptors (Lipinski definition) is 2. The van der Waals surface area contributed by atoms with Crippen molar-refractivity contribution in [2.75, 3.05) is 6.61 Å². The smallest absolute Gasteiger partial charge is 0.120 e. The van der Waals surface area contributed by atoms with Crippen molar-refractivity contribution in [2.45, 2.75) is 19.4 Å². The van der Waals surface area contributed by atoms with Crippen molar-refractivity contribution in [3.63, 3.8) is 0 Å². The number of ether oxygens (including phenoxy) is 2. The van der Waals surface area contributed by atoms with Gasteiger partial charge in [0, 0.05) is 0 Å². The van der Waals surface area contributed by atoms with Gasteiger partial charge in [-0.1, -0.05) is 59.6 Å². The highest BCUT2D eigenvalue weighted by Crippen LogP contribution is 2.19. The van der Waals surface area contributed by atoms with Gasteiger partial charge >= 0.3 is 0 Å². The summed E-state index contributed by atoms with van der Waals surface area (Å²) < 4.78 is 11.7. The van der Waals surface area contributed by atoms with E-state index >= 15 is 0 Å². The topological polar surface area (TPSA) is 18.5 Å². The molecule has 0 amide bonds. The predicted molar refractivity (Wildman–Crippen MR) is 91.7 cm³/mol. The van der Waals surface area contributed by atoms with E-state index in [1.54, 1.807) is 6.08 Å². The molecule has 0 fully saturated rings. The maximum absolute atomic E-state index is 5.72. The van der Waals surface area contributed by atoms with Gasteiger partial charge in [-0.15, -0.1) is 0 Å². The highest BCUT2D eigenvalue weighted by Gasteiger charge is 1.98. The molecule has 4 heteroatoms. The van der Waals surface area contributed by atoms with E-state index in [1.165, 1.54) is 0 Å². The number of hydrogen-bond donors (Lipinski definition) is 0. The fourth-order valence-corrected chi connectivity index (χ4v) is 2.08. The zero-order valence-corrected chi connectivity index (χ0v) is 13.7. The van der Waals surface area contributed by atoms with Gasteiger partial charge in [-0.3, -0.25) is 0 Å². The first-order valence-electron chi connectivity index (χ1n) is 7.15. The van der Waals surface area contributed by atoms with Crippen LogP contribution in [0.4, 0.5) is 0 Å². The normalized spacial score (nSPS) is 10.1. The van der Waals surface area contributed by atoms with Gasteiger partial charge in [0.15, 0.2) is 0 Å². The third-order valence-corrected chi connectivity index (χ3v) is 3.30. The molecule has 116 valence electrons. The first kappa shape index (κ1) is 16.7. The molecular formula is C18H18Cl2O2. The van der Waals surface area contributed by atoms with Gasteiger partial charge in [-0.2, -0.15) is 0 Å². The average molecular weight is 337 g/mol. The van der Waals surface area contributed by atoms with Crippen molar-refractivity contribution >= 4 is 23.2 Å². The third-order valence-electron chi connectivity index (χ3n) is 2.99. The number of benzene rings is 2. The zero-order chi connectivity index (χ0) is 15.6. The lowest BCUT2D eigenvalue weighted by molar-refractivity contribution is 0.300. The lowest BCUT2D eigenvalue weighted by Gasteiger charge is -2.08. The van der Waals surface area contributed by atoms with Crippen molar-refractivity contribution in [3.8, 4) is 11.5 Å². The minimum Gasteiger partial charge on any atom is -0.494 e.